The molecular weight excluding hydrogens is 420 g/mol. The van der Waals surface area contributed by atoms with Crippen molar-refractivity contribution < 1.29 is 4.79 Å². The number of aromatic nitrogens is 4. The van der Waals surface area contributed by atoms with Crippen LogP contribution in [0.1, 0.15) is 11.1 Å². The number of amides is 1. The first kappa shape index (κ1) is 21.8. The maximum absolute atomic E-state index is 12.1. The van der Waals surface area contributed by atoms with Crippen LogP contribution in [-0.2, 0) is 23.5 Å². The van der Waals surface area contributed by atoms with Gasteiger partial charge >= 0.3 is 0 Å². The van der Waals surface area contributed by atoms with Crippen molar-refractivity contribution in [1.82, 2.24) is 25.1 Å². The largest absolute Gasteiger partial charge is 0.369 e. The topological polar surface area (TPSA) is 84.7 Å². The number of hydrogen-bond acceptors (Lipinski definition) is 6. The highest BCUT2D eigenvalue weighted by Gasteiger charge is 2.10. The van der Waals surface area contributed by atoms with Crippen LogP contribution >= 0.6 is 11.8 Å². The fourth-order valence-corrected chi connectivity index (χ4v) is 4.17. The molecule has 2 aromatic heterocycles. The number of carbonyl (C=O) groups is 1. The first-order chi connectivity index (χ1) is 15.8. The second-order valence-electron chi connectivity index (χ2n) is 7.32. The lowest BCUT2D eigenvalue weighted by Crippen LogP contribution is -2.29. The molecule has 0 fully saturated rings. The van der Waals surface area contributed by atoms with Gasteiger partial charge in [-0.15, -0.1) is 11.8 Å². The lowest BCUT2D eigenvalue weighted by atomic mass is 10.1. The molecule has 2 heterocycles. The number of anilines is 1. The van der Waals surface area contributed by atoms with Crippen LogP contribution in [0, 0.1) is 0 Å². The number of carbonyl (C=O) groups excluding carboxylic acids is 1. The summed E-state index contributed by atoms with van der Waals surface area (Å²) in [6.45, 7) is 1.83. The van der Waals surface area contributed by atoms with Crippen molar-refractivity contribution in [3.63, 3.8) is 0 Å². The van der Waals surface area contributed by atoms with Crippen molar-refractivity contribution in [3.8, 4) is 0 Å². The van der Waals surface area contributed by atoms with E-state index in [4.69, 9.17) is 0 Å². The molecular formula is C24H26N6OS. The first-order valence-electron chi connectivity index (χ1n) is 10.6. The van der Waals surface area contributed by atoms with Gasteiger partial charge in [-0.05, 0) is 17.5 Å². The molecule has 0 aliphatic rings. The highest BCUT2D eigenvalue weighted by Crippen LogP contribution is 2.18. The van der Waals surface area contributed by atoms with Gasteiger partial charge in [0.05, 0.1) is 23.9 Å². The molecule has 0 spiro atoms. The molecule has 0 saturated carbocycles. The van der Waals surface area contributed by atoms with Gasteiger partial charge in [-0.1, -0.05) is 60.7 Å². The molecule has 8 heteroatoms. The molecule has 32 heavy (non-hydrogen) atoms. The van der Waals surface area contributed by atoms with E-state index >= 15 is 0 Å². The van der Waals surface area contributed by atoms with E-state index in [1.165, 1.54) is 11.1 Å². The second-order valence-corrected chi connectivity index (χ2v) is 8.30. The third kappa shape index (κ3) is 6.07. The Morgan fingerprint density at radius 1 is 0.938 bits per heavy atom. The number of benzene rings is 2. The number of fused-ring (bicyclic) bond motifs is 1. The van der Waals surface area contributed by atoms with E-state index in [1.54, 1.807) is 29.0 Å². The summed E-state index contributed by atoms with van der Waals surface area (Å²) in [4.78, 5) is 20.9. The molecule has 0 unspecified atom stereocenters. The van der Waals surface area contributed by atoms with Gasteiger partial charge in [0.25, 0.3) is 0 Å². The minimum atomic E-state index is 0.0280. The Labute approximate surface area is 191 Å². The van der Waals surface area contributed by atoms with Crippen LogP contribution < -0.4 is 10.6 Å². The van der Waals surface area contributed by atoms with Crippen LogP contribution in [0.4, 0.5) is 5.82 Å². The normalized spacial score (nSPS) is 10.9. The zero-order chi connectivity index (χ0) is 22.0. The Morgan fingerprint density at radius 2 is 1.69 bits per heavy atom. The smallest absolute Gasteiger partial charge is 0.230 e. The summed E-state index contributed by atoms with van der Waals surface area (Å²) in [6, 6.07) is 20.5. The van der Waals surface area contributed by atoms with Crippen molar-refractivity contribution in [2.45, 2.75) is 18.7 Å². The van der Waals surface area contributed by atoms with Crippen molar-refractivity contribution >= 4 is 34.5 Å². The minimum absolute atomic E-state index is 0.0280. The summed E-state index contributed by atoms with van der Waals surface area (Å²) in [5.41, 5.74) is 3.26. The van der Waals surface area contributed by atoms with Crippen LogP contribution in [0.25, 0.3) is 11.0 Å². The first-order valence-corrected chi connectivity index (χ1v) is 11.8. The quantitative estimate of drug-likeness (QED) is 0.367. The molecule has 0 aliphatic heterocycles. The molecule has 2 aromatic carbocycles. The van der Waals surface area contributed by atoms with Gasteiger partial charge in [0.1, 0.15) is 12.1 Å². The van der Waals surface area contributed by atoms with E-state index in [9.17, 15) is 4.79 Å². The monoisotopic (exact) mass is 446 g/mol. The summed E-state index contributed by atoms with van der Waals surface area (Å²) >= 11 is 1.61. The number of hydrogen-bond donors (Lipinski definition) is 2. The molecule has 0 bridgehead atoms. The molecule has 1 amide bonds. The maximum Gasteiger partial charge on any atom is 0.230 e. The highest BCUT2D eigenvalue weighted by molar-refractivity contribution is 7.99. The summed E-state index contributed by atoms with van der Waals surface area (Å²) in [6.07, 6.45) is 4.23. The second kappa shape index (κ2) is 11.3. The van der Waals surface area contributed by atoms with E-state index in [1.807, 2.05) is 36.4 Å². The standard InChI is InChI=1S/C24H26N6OS/c31-22(17-32-16-20-9-5-2-6-10-20)25-13-14-30-24-21(15-29-30)23(27-18-28-24)26-12-11-19-7-3-1-4-8-19/h1-10,15,18H,11-14,16-17H2,(H,25,31)(H,26,27,28). The SMILES string of the molecule is O=C(CSCc1ccccc1)NCCn1ncc2c(NCCc3ccccc3)ncnc21. The van der Waals surface area contributed by atoms with Gasteiger partial charge in [-0.2, -0.15) is 5.10 Å². The molecule has 164 valence electrons. The zero-order valence-electron chi connectivity index (χ0n) is 17.8. The minimum Gasteiger partial charge on any atom is -0.369 e. The summed E-state index contributed by atoms with van der Waals surface area (Å²) < 4.78 is 1.80. The van der Waals surface area contributed by atoms with E-state index < -0.39 is 0 Å². The number of thioether (sulfide) groups is 1. The van der Waals surface area contributed by atoms with Crippen LogP contribution in [0.5, 0.6) is 0 Å². The van der Waals surface area contributed by atoms with Crippen LogP contribution in [-0.4, -0.2) is 44.5 Å². The van der Waals surface area contributed by atoms with Gasteiger partial charge in [-0.25, -0.2) is 14.6 Å². The molecule has 0 atom stereocenters. The average Bonchev–Trinajstić information content (AvgIpc) is 3.24. The third-order valence-electron chi connectivity index (χ3n) is 4.97. The number of rotatable bonds is 11. The lowest BCUT2D eigenvalue weighted by molar-refractivity contribution is -0.118. The Kier molecular flexibility index (Phi) is 7.70. The Bertz CT molecular complexity index is 1130. The maximum atomic E-state index is 12.1. The molecule has 4 aromatic rings. The fourth-order valence-electron chi connectivity index (χ4n) is 3.36. The fraction of sp³-hybridized carbons (Fsp3) is 0.250. The van der Waals surface area contributed by atoms with Gasteiger partial charge in [0.2, 0.25) is 5.91 Å². The van der Waals surface area contributed by atoms with E-state index in [-0.39, 0.29) is 5.91 Å². The van der Waals surface area contributed by atoms with Crippen LogP contribution in [0.2, 0.25) is 0 Å². The molecule has 0 aliphatic carbocycles. The lowest BCUT2D eigenvalue weighted by Gasteiger charge is -2.08. The number of nitrogens with one attached hydrogen (secondary N) is 2. The van der Waals surface area contributed by atoms with Gasteiger partial charge in [0, 0.05) is 18.8 Å². The molecule has 4 rings (SSSR count). The molecule has 0 saturated heterocycles. The van der Waals surface area contributed by atoms with Gasteiger partial charge in [-0.3, -0.25) is 4.79 Å². The predicted molar refractivity (Wildman–Crippen MR) is 130 cm³/mol. The summed E-state index contributed by atoms with van der Waals surface area (Å²) in [5.74, 6) is 2.07. The highest BCUT2D eigenvalue weighted by atomic mass is 32.2. The van der Waals surface area contributed by atoms with Crippen molar-refractivity contribution in [2.75, 3.05) is 24.2 Å². The predicted octanol–water partition coefficient (Wildman–Crippen LogP) is 3.53. The zero-order valence-corrected chi connectivity index (χ0v) is 18.6. The average molecular weight is 447 g/mol. The van der Waals surface area contributed by atoms with E-state index in [2.05, 4.69) is 50.0 Å². The van der Waals surface area contributed by atoms with E-state index in [0.29, 0.717) is 18.8 Å². The summed E-state index contributed by atoms with van der Waals surface area (Å²) in [7, 11) is 0. The third-order valence-corrected chi connectivity index (χ3v) is 5.98. The molecule has 0 radical (unpaired) electrons. The van der Waals surface area contributed by atoms with Gasteiger partial charge in [0.15, 0.2) is 5.65 Å². The number of nitrogens with zero attached hydrogens (tertiary/aromatic N) is 4. The molecule has 7 nitrogen and oxygen atoms in total. The van der Waals surface area contributed by atoms with Crippen molar-refractivity contribution in [1.29, 1.82) is 0 Å². The Morgan fingerprint density at radius 3 is 2.47 bits per heavy atom. The molecule has 2 N–H and O–H groups in total. The van der Waals surface area contributed by atoms with Crippen LogP contribution in [0.3, 0.4) is 0 Å². The van der Waals surface area contributed by atoms with Crippen LogP contribution in [0.15, 0.2) is 73.2 Å². The van der Waals surface area contributed by atoms with Gasteiger partial charge < -0.3 is 10.6 Å². The van der Waals surface area contributed by atoms with Crippen molar-refractivity contribution in [2.24, 2.45) is 0 Å². The Hall–Kier alpha value is -3.39. The van der Waals surface area contributed by atoms with Crippen molar-refractivity contribution in [3.05, 3.63) is 84.3 Å². The Balaban J connectivity index is 1.24. The summed E-state index contributed by atoms with van der Waals surface area (Å²) in [5, 5.41) is 11.7. The van der Waals surface area contributed by atoms with E-state index in [0.717, 1.165) is 35.6 Å².